The quantitative estimate of drug-likeness (QED) is 0.328. The molecule has 2 amide bonds. The fourth-order valence-corrected chi connectivity index (χ4v) is 4.46. The number of carbonyl (C=O) groups excluding carboxylic acids is 2. The highest BCUT2D eigenvalue weighted by molar-refractivity contribution is 6.34. The topological polar surface area (TPSA) is 52.7 Å². The first kappa shape index (κ1) is 27.2. The first-order chi connectivity index (χ1) is 17.2. The third-order valence-electron chi connectivity index (χ3n) is 6.21. The maximum absolute atomic E-state index is 13.9. The Morgan fingerprint density at radius 2 is 1.67 bits per heavy atom. The van der Waals surface area contributed by atoms with E-state index in [9.17, 15) is 14.0 Å². The number of amides is 2. The molecule has 0 aliphatic heterocycles. The van der Waals surface area contributed by atoms with Crippen LogP contribution in [0.3, 0.4) is 0 Å². The molecule has 0 spiro atoms. The molecule has 0 atom stereocenters. The van der Waals surface area contributed by atoms with Gasteiger partial charge in [0.1, 0.15) is 5.82 Å². The number of carbonyl (C=O) groups is 2. The fraction of sp³-hybridized carbons (Fsp3) is 0.310. The van der Waals surface area contributed by atoms with E-state index in [0.29, 0.717) is 22.8 Å². The molecule has 7 heteroatoms. The van der Waals surface area contributed by atoms with Gasteiger partial charge in [-0.05, 0) is 66.4 Å². The van der Waals surface area contributed by atoms with Gasteiger partial charge in [0.15, 0.2) is 0 Å². The van der Waals surface area contributed by atoms with Gasteiger partial charge in [0.25, 0.3) is 5.91 Å². The average Bonchev–Trinajstić information content (AvgIpc) is 2.84. The summed E-state index contributed by atoms with van der Waals surface area (Å²) in [5.74, 6) is -0.737. The first-order valence-corrected chi connectivity index (χ1v) is 12.5. The van der Waals surface area contributed by atoms with Gasteiger partial charge in [-0.15, -0.1) is 0 Å². The van der Waals surface area contributed by atoms with Crippen LogP contribution in [0.15, 0.2) is 66.7 Å². The van der Waals surface area contributed by atoms with Crippen molar-refractivity contribution in [2.75, 3.05) is 24.3 Å². The van der Waals surface area contributed by atoms with Gasteiger partial charge in [0.05, 0.1) is 10.6 Å². The van der Waals surface area contributed by atoms with E-state index >= 15 is 0 Å². The van der Waals surface area contributed by atoms with Crippen molar-refractivity contribution in [1.29, 1.82) is 0 Å². The lowest BCUT2D eigenvalue weighted by molar-refractivity contribution is -0.137. The minimum atomic E-state index is -0.333. The summed E-state index contributed by atoms with van der Waals surface area (Å²) in [6.07, 6.45) is 1.45. The van der Waals surface area contributed by atoms with Gasteiger partial charge in [-0.2, -0.15) is 0 Å². The average molecular weight is 510 g/mol. The van der Waals surface area contributed by atoms with Crippen molar-refractivity contribution in [2.45, 2.75) is 39.8 Å². The van der Waals surface area contributed by atoms with E-state index in [1.807, 2.05) is 57.1 Å². The second-order valence-electron chi connectivity index (χ2n) is 9.01. The molecule has 1 N–H and O–H groups in total. The number of hydrogen-bond acceptors (Lipinski definition) is 3. The van der Waals surface area contributed by atoms with E-state index in [0.717, 1.165) is 29.7 Å². The van der Waals surface area contributed by atoms with Gasteiger partial charge < -0.3 is 15.1 Å². The van der Waals surface area contributed by atoms with Crippen LogP contribution in [-0.4, -0.2) is 30.8 Å². The summed E-state index contributed by atoms with van der Waals surface area (Å²) >= 11 is 6.19. The molecule has 0 aromatic heterocycles. The van der Waals surface area contributed by atoms with Crippen molar-refractivity contribution >= 4 is 34.8 Å². The van der Waals surface area contributed by atoms with Crippen LogP contribution in [0.4, 0.5) is 15.8 Å². The molecule has 5 nitrogen and oxygen atoms in total. The van der Waals surface area contributed by atoms with E-state index in [4.69, 9.17) is 11.6 Å². The van der Waals surface area contributed by atoms with Crippen LogP contribution < -0.4 is 10.2 Å². The van der Waals surface area contributed by atoms with Crippen LogP contribution in [0.2, 0.25) is 5.02 Å². The van der Waals surface area contributed by atoms with Crippen LogP contribution in [0, 0.1) is 11.7 Å². The lowest BCUT2D eigenvalue weighted by Crippen LogP contribution is -2.35. The molecule has 0 unspecified atom stereocenters. The summed E-state index contributed by atoms with van der Waals surface area (Å²) in [6.45, 7) is 4.61. The molecular formula is C29H33ClFN3O2. The molecule has 190 valence electrons. The Balaban J connectivity index is 1.95. The van der Waals surface area contributed by atoms with E-state index < -0.39 is 0 Å². The van der Waals surface area contributed by atoms with Gasteiger partial charge in [-0.3, -0.25) is 9.59 Å². The van der Waals surface area contributed by atoms with Gasteiger partial charge >= 0.3 is 0 Å². The van der Waals surface area contributed by atoms with Crippen LogP contribution >= 0.6 is 11.6 Å². The molecule has 3 aromatic carbocycles. The van der Waals surface area contributed by atoms with E-state index in [-0.39, 0.29) is 30.1 Å². The SMILES string of the molecule is CCC(CC)C(=O)N(Cc1cccc(F)c1)Cc1cc(NC(=O)c2ccccc2Cl)ccc1N(C)C. The molecule has 0 heterocycles. The smallest absolute Gasteiger partial charge is 0.257 e. The van der Waals surface area contributed by atoms with Gasteiger partial charge in [0, 0.05) is 44.5 Å². The van der Waals surface area contributed by atoms with Crippen molar-refractivity contribution in [3.63, 3.8) is 0 Å². The van der Waals surface area contributed by atoms with Gasteiger partial charge in [-0.1, -0.05) is 49.7 Å². The Hall–Kier alpha value is -3.38. The fourth-order valence-electron chi connectivity index (χ4n) is 4.24. The van der Waals surface area contributed by atoms with Gasteiger partial charge in [0.2, 0.25) is 5.91 Å². The Labute approximate surface area is 217 Å². The predicted octanol–water partition coefficient (Wildman–Crippen LogP) is 6.76. The zero-order valence-electron chi connectivity index (χ0n) is 21.2. The number of nitrogens with zero attached hydrogens (tertiary/aromatic N) is 2. The monoisotopic (exact) mass is 509 g/mol. The molecule has 0 aliphatic carbocycles. The zero-order chi connectivity index (χ0) is 26.2. The molecule has 0 saturated heterocycles. The molecule has 36 heavy (non-hydrogen) atoms. The number of anilines is 2. The third kappa shape index (κ3) is 6.85. The standard InChI is InChI=1S/C29H33ClFN3O2/c1-5-21(6-2)29(36)34(18-20-10-9-11-23(31)16-20)19-22-17-24(14-15-27(22)33(3)4)32-28(35)25-12-7-8-13-26(25)30/h7-17,21H,5-6,18-19H2,1-4H3,(H,32,35). The summed E-state index contributed by atoms with van der Waals surface area (Å²) < 4.78 is 13.9. The molecule has 3 rings (SSSR count). The lowest BCUT2D eigenvalue weighted by atomic mass is 10.0. The molecule has 0 bridgehead atoms. The van der Waals surface area contributed by atoms with Crippen molar-refractivity contribution in [2.24, 2.45) is 5.92 Å². The molecule has 3 aromatic rings. The highest BCUT2D eigenvalue weighted by Crippen LogP contribution is 2.27. The summed E-state index contributed by atoms with van der Waals surface area (Å²) in [4.78, 5) is 30.1. The second-order valence-corrected chi connectivity index (χ2v) is 9.42. The molecule has 0 saturated carbocycles. The van der Waals surface area contributed by atoms with Crippen LogP contribution in [0.25, 0.3) is 0 Å². The number of benzene rings is 3. The van der Waals surface area contributed by atoms with Crippen LogP contribution in [-0.2, 0) is 17.9 Å². The Bertz CT molecular complexity index is 1210. The maximum Gasteiger partial charge on any atom is 0.257 e. The molecule has 0 aliphatic rings. The number of rotatable bonds is 10. The first-order valence-electron chi connectivity index (χ1n) is 12.1. The molecular weight excluding hydrogens is 477 g/mol. The van der Waals surface area contributed by atoms with Crippen molar-refractivity contribution in [3.8, 4) is 0 Å². The highest BCUT2D eigenvalue weighted by Gasteiger charge is 2.24. The predicted molar refractivity (Wildman–Crippen MR) is 145 cm³/mol. The van der Waals surface area contributed by atoms with Gasteiger partial charge in [-0.25, -0.2) is 4.39 Å². The van der Waals surface area contributed by atoms with E-state index in [2.05, 4.69) is 5.32 Å². The highest BCUT2D eigenvalue weighted by atomic mass is 35.5. The van der Waals surface area contributed by atoms with Crippen LogP contribution in [0.5, 0.6) is 0 Å². The van der Waals surface area contributed by atoms with Crippen molar-refractivity contribution in [1.82, 2.24) is 4.90 Å². The van der Waals surface area contributed by atoms with Crippen LogP contribution in [0.1, 0.15) is 48.2 Å². The molecule has 0 radical (unpaired) electrons. The summed E-state index contributed by atoms with van der Waals surface area (Å²) in [5.41, 5.74) is 3.50. The second kappa shape index (κ2) is 12.5. The minimum absolute atomic E-state index is 0.0273. The summed E-state index contributed by atoms with van der Waals surface area (Å²) in [7, 11) is 3.86. The third-order valence-corrected chi connectivity index (χ3v) is 6.54. The summed E-state index contributed by atoms with van der Waals surface area (Å²) in [6, 6.07) is 18.8. The van der Waals surface area contributed by atoms with Crippen molar-refractivity contribution < 1.29 is 14.0 Å². The normalized spacial score (nSPS) is 10.9. The minimum Gasteiger partial charge on any atom is -0.377 e. The lowest BCUT2D eigenvalue weighted by Gasteiger charge is -2.29. The van der Waals surface area contributed by atoms with E-state index in [1.165, 1.54) is 12.1 Å². The Morgan fingerprint density at radius 1 is 0.944 bits per heavy atom. The number of hydrogen-bond donors (Lipinski definition) is 1. The Kier molecular flexibility index (Phi) is 9.48. The summed E-state index contributed by atoms with van der Waals surface area (Å²) in [5, 5.41) is 3.29. The number of halogens is 2. The zero-order valence-corrected chi connectivity index (χ0v) is 22.0. The maximum atomic E-state index is 13.9. The largest absolute Gasteiger partial charge is 0.377 e. The van der Waals surface area contributed by atoms with Crippen molar-refractivity contribution in [3.05, 3.63) is 94.3 Å². The Morgan fingerprint density at radius 3 is 2.31 bits per heavy atom. The van der Waals surface area contributed by atoms with E-state index in [1.54, 1.807) is 35.2 Å². The number of nitrogens with one attached hydrogen (secondary N) is 1. The molecule has 0 fully saturated rings.